The third-order valence-electron chi connectivity index (χ3n) is 4.51. The summed E-state index contributed by atoms with van der Waals surface area (Å²) in [6, 6.07) is 16.2. The molecule has 0 fully saturated rings. The van der Waals surface area contributed by atoms with Gasteiger partial charge < -0.3 is 14.6 Å². The Morgan fingerprint density at radius 1 is 1.13 bits per heavy atom. The zero-order valence-electron chi connectivity index (χ0n) is 16.4. The molecule has 0 aliphatic rings. The summed E-state index contributed by atoms with van der Waals surface area (Å²) in [4.78, 5) is 17.0. The number of nitrogens with one attached hydrogen (secondary N) is 1. The molecule has 4 rings (SSSR count). The highest BCUT2D eigenvalue weighted by Gasteiger charge is 2.22. The van der Waals surface area contributed by atoms with Gasteiger partial charge in [-0.3, -0.25) is 4.79 Å². The molecular formula is C23H17ClFN3O3. The first-order valence-corrected chi connectivity index (χ1v) is 9.77. The first-order valence-electron chi connectivity index (χ1n) is 9.39. The molecule has 0 unspecified atom stereocenters. The summed E-state index contributed by atoms with van der Waals surface area (Å²) in [5.74, 6) is 0.559. The maximum Gasteiger partial charge on any atom is 0.257 e. The fourth-order valence-corrected chi connectivity index (χ4v) is 3.17. The molecule has 2 aromatic carbocycles. The SMILES string of the molecule is Cc1onc(-c2ccccc2Cl)c1C(=O)NCc1ccc(Oc2ccc(F)cc2)nc1. The summed E-state index contributed by atoms with van der Waals surface area (Å²) in [7, 11) is 0. The number of halogens is 2. The van der Waals surface area contributed by atoms with Gasteiger partial charge in [-0.2, -0.15) is 0 Å². The van der Waals surface area contributed by atoms with Crippen LogP contribution in [0.15, 0.2) is 71.4 Å². The van der Waals surface area contributed by atoms with E-state index < -0.39 is 0 Å². The molecule has 0 atom stereocenters. The molecule has 6 nitrogen and oxygen atoms in total. The number of aryl methyl sites for hydroxylation is 1. The van der Waals surface area contributed by atoms with Crippen molar-refractivity contribution in [3.05, 3.63) is 94.6 Å². The molecule has 2 heterocycles. The van der Waals surface area contributed by atoms with Gasteiger partial charge in [0.05, 0.1) is 5.02 Å². The fraction of sp³-hybridized carbons (Fsp3) is 0.0870. The minimum atomic E-state index is -0.341. The average molecular weight is 438 g/mol. The number of carbonyl (C=O) groups is 1. The molecule has 0 aliphatic heterocycles. The Morgan fingerprint density at radius 2 is 1.90 bits per heavy atom. The van der Waals surface area contributed by atoms with Crippen LogP contribution in [0.5, 0.6) is 11.6 Å². The number of benzene rings is 2. The molecule has 1 N–H and O–H groups in total. The van der Waals surface area contributed by atoms with Crippen LogP contribution < -0.4 is 10.1 Å². The second-order valence-corrected chi connectivity index (χ2v) is 7.09. The van der Waals surface area contributed by atoms with Gasteiger partial charge in [-0.15, -0.1) is 0 Å². The van der Waals surface area contributed by atoms with Crippen LogP contribution in [0.4, 0.5) is 4.39 Å². The second kappa shape index (κ2) is 8.97. The number of carbonyl (C=O) groups excluding carboxylic acids is 1. The molecule has 0 aliphatic carbocycles. The van der Waals surface area contributed by atoms with E-state index in [1.165, 1.54) is 24.3 Å². The minimum Gasteiger partial charge on any atom is -0.439 e. The Balaban J connectivity index is 1.43. The summed E-state index contributed by atoms with van der Waals surface area (Å²) < 4.78 is 23.8. The van der Waals surface area contributed by atoms with E-state index in [9.17, 15) is 9.18 Å². The van der Waals surface area contributed by atoms with Crippen molar-refractivity contribution in [1.29, 1.82) is 0 Å². The molecule has 2 aromatic heterocycles. The van der Waals surface area contributed by atoms with Crippen molar-refractivity contribution in [2.24, 2.45) is 0 Å². The van der Waals surface area contributed by atoms with E-state index in [4.69, 9.17) is 20.9 Å². The van der Waals surface area contributed by atoms with Crippen LogP contribution in [0.2, 0.25) is 5.02 Å². The van der Waals surface area contributed by atoms with Crippen LogP contribution in [-0.4, -0.2) is 16.0 Å². The van der Waals surface area contributed by atoms with E-state index in [2.05, 4.69) is 15.5 Å². The molecule has 4 aromatic rings. The third-order valence-corrected chi connectivity index (χ3v) is 4.84. The monoisotopic (exact) mass is 437 g/mol. The lowest BCUT2D eigenvalue weighted by Crippen LogP contribution is -2.23. The summed E-state index contributed by atoms with van der Waals surface area (Å²) in [5.41, 5.74) is 2.11. The van der Waals surface area contributed by atoms with Gasteiger partial charge in [0, 0.05) is 24.4 Å². The van der Waals surface area contributed by atoms with Gasteiger partial charge in [0.15, 0.2) is 0 Å². The third kappa shape index (κ3) is 4.73. The van der Waals surface area contributed by atoms with Crippen LogP contribution in [0.1, 0.15) is 21.7 Å². The molecule has 156 valence electrons. The Bertz CT molecular complexity index is 1210. The van der Waals surface area contributed by atoms with Gasteiger partial charge in [0.1, 0.15) is 28.6 Å². The zero-order valence-corrected chi connectivity index (χ0v) is 17.2. The van der Waals surface area contributed by atoms with E-state index in [0.29, 0.717) is 39.2 Å². The maximum atomic E-state index is 13.0. The highest BCUT2D eigenvalue weighted by molar-refractivity contribution is 6.33. The van der Waals surface area contributed by atoms with Crippen molar-refractivity contribution in [2.75, 3.05) is 0 Å². The van der Waals surface area contributed by atoms with Crippen LogP contribution in [0.3, 0.4) is 0 Å². The fourth-order valence-electron chi connectivity index (χ4n) is 2.95. The van der Waals surface area contributed by atoms with Crippen molar-refractivity contribution in [3.8, 4) is 22.9 Å². The Labute approximate surface area is 182 Å². The quantitative estimate of drug-likeness (QED) is 0.427. The van der Waals surface area contributed by atoms with Crippen LogP contribution in [0, 0.1) is 12.7 Å². The van der Waals surface area contributed by atoms with E-state index >= 15 is 0 Å². The number of amides is 1. The molecular weight excluding hydrogens is 421 g/mol. The molecule has 1 amide bonds. The standard InChI is InChI=1S/C23H17ClFN3O3/c1-14-21(22(28-31-14)18-4-2-3-5-19(18)24)23(29)27-13-15-6-11-20(26-12-15)30-17-9-7-16(25)8-10-17/h2-12H,13H2,1H3,(H,27,29). The molecule has 0 saturated heterocycles. The molecule has 0 saturated carbocycles. The predicted octanol–water partition coefficient (Wildman–Crippen LogP) is 5.56. The van der Waals surface area contributed by atoms with Gasteiger partial charge in [0.2, 0.25) is 5.88 Å². The van der Waals surface area contributed by atoms with E-state index in [1.54, 1.807) is 43.5 Å². The number of pyridine rings is 1. The van der Waals surface area contributed by atoms with Crippen LogP contribution >= 0.6 is 11.6 Å². The number of ether oxygens (including phenoxy) is 1. The van der Waals surface area contributed by atoms with Gasteiger partial charge in [-0.1, -0.05) is 41.0 Å². The Kier molecular flexibility index (Phi) is 5.95. The molecule has 0 radical (unpaired) electrons. The average Bonchev–Trinajstić information content (AvgIpc) is 3.16. The summed E-state index contributed by atoms with van der Waals surface area (Å²) >= 11 is 6.25. The molecule has 0 bridgehead atoms. The van der Waals surface area contributed by atoms with Gasteiger partial charge >= 0.3 is 0 Å². The first kappa shape index (κ1) is 20.6. The zero-order chi connectivity index (χ0) is 21.8. The lowest BCUT2D eigenvalue weighted by Gasteiger charge is -2.08. The summed E-state index contributed by atoms with van der Waals surface area (Å²) in [5, 5.41) is 7.33. The first-order chi connectivity index (χ1) is 15.0. The summed E-state index contributed by atoms with van der Waals surface area (Å²) in [6.07, 6.45) is 1.59. The molecule has 0 spiro atoms. The molecule has 31 heavy (non-hydrogen) atoms. The van der Waals surface area contributed by atoms with Crippen molar-refractivity contribution < 1.29 is 18.4 Å². The minimum absolute atomic E-state index is 0.245. The number of hydrogen-bond donors (Lipinski definition) is 1. The topological polar surface area (TPSA) is 77.2 Å². The van der Waals surface area contributed by atoms with Crippen molar-refractivity contribution in [3.63, 3.8) is 0 Å². The Hall–Kier alpha value is -3.71. The highest BCUT2D eigenvalue weighted by Crippen LogP contribution is 2.31. The van der Waals surface area contributed by atoms with Gasteiger partial charge in [0.25, 0.3) is 5.91 Å². The van der Waals surface area contributed by atoms with Crippen LogP contribution in [-0.2, 0) is 6.54 Å². The second-order valence-electron chi connectivity index (χ2n) is 6.69. The predicted molar refractivity (Wildman–Crippen MR) is 114 cm³/mol. The van der Waals surface area contributed by atoms with Crippen molar-refractivity contribution in [2.45, 2.75) is 13.5 Å². The number of aromatic nitrogens is 2. The summed E-state index contributed by atoms with van der Waals surface area (Å²) in [6.45, 7) is 1.92. The largest absolute Gasteiger partial charge is 0.439 e. The lowest BCUT2D eigenvalue weighted by molar-refractivity contribution is 0.0950. The van der Waals surface area contributed by atoms with E-state index in [0.717, 1.165) is 5.56 Å². The highest BCUT2D eigenvalue weighted by atomic mass is 35.5. The van der Waals surface area contributed by atoms with Crippen molar-refractivity contribution >= 4 is 17.5 Å². The number of hydrogen-bond acceptors (Lipinski definition) is 5. The number of nitrogens with zero attached hydrogens (tertiary/aromatic N) is 2. The Morgan fingerprint density at radius 3 is 2.61 bits per heavy atom. The van der Waals surface area contributed by atoms with Gasteiger partial charge in [-0.05, 0) is 42.8 Å². The van der Waals surface area contributed by atoms with Crippen molar-refractivity contribution in [1.82, 2.24) is 15.5 Å². The molecule has 8 heteroatoms. The van der Waals surface area contributed by atoms with Crippen LogP contribution in [0.25, 0.3) is 11.3 Å². The smallest absolute Gasteiger partial charge is 0.257 e. The number of rotatable bonds is 6. The normalized spacial score (nSPS) is 10.7. The van der Waals surface area contributed by atoms with E-state index in [-0.39, 0.29) is 18.3 Å². The lowest BCUT2D eigenvalue weighted by atomic mass is 10.1. The van der Waals surface area contributed by atoms with Gasteiger partial charge in [-0.25, -0.2) is 9.37 Å². The van der Waals surface area contributed by atoms with E-state index in [1.807, 2.05) is 6.07 Å². The maximum absolute atomic E-state index is 13.0.